The second-order valence-corrected chi connectivity index (χ2v) is 6.29. The maximum Gasteiger partial charge on any atom is 0.255 e. The normalized spacial score (nSPS) is 22.7. The van der Waals surface area contributed by atoms with Gasteiger partial charge in [-0.3, -0.25) is 0 Å². The van der Waals surface area contributed by atoms with Crippen molar-refractivity contribution in [3.05, 3.63) is 23.3 Å². The monoisotopic (exact) mass is 271 g/mol. The van der Waals surface area contributed by atoms with Crippen LogP contribution in [-0.2, 0) is 6.54 Å². The summed E-state index contributed by atoms with van der Waals surface area (Å²) >= 11 is 1.71. The first kappa shape index (κ1) is 12.2. The van der Waals surface area contributed by atoms with Crippen molar-refractivity contribution in [2.45, 2.75) is 43.2 Å². The largest absolute Gasteiger partial charge is 0.490 e. The van der Waals surface area contributed by atoms with Gasteiger partial charge in [-0.05, 0) is 49.2 Å². The third-order valence-electron chi connectivity index (χ3n) is 3.49. The van der Waals surface area contributed by atoms with Crippen molar-refractivity contribution in [1.29, 1.82) is 0 Å². The van der Waals surface area contributed by atoms with Gasteiger partial charge in [0.1, 0.15) is 11.9 Å². The maximum absolute atomic E-state index is 12.8. The molecule has 0 aromatic heterocycles. The molecule has 1 aliphatic heterocycles. The molecule has 0 radical (unpaired) electrons. The van der Waals surface area contributed by atoms with E-state index in [0.29, 0.717) is 0 Å². The van der Waals surface area contributed by atoms with E-state index >= 15 is 0 Å². The fourth-order valence-electron chi connectivity index (χ4n) is 2.41. The minimum absolute atomic E-state index is 0.155. The molecule has 0 unspecified atom stereocenters. The third-order valence-corrected chi connectivity index (χ3v) is 4.51. The SMILES string of the molecule is Cc1c(OC2CC(F)(F)C2)ccc2c1CN(C)S2. The van der Waals surface area contributed by atoms with Crippen LogP contribution in [0.2, 0.25) is 0 Å². The molecule has 0 bridgehead atoms. The Bertz CT molecular complexity index is 484. The standard InChI is InChI=1S/C13H15F2NOS/c1-8-10-7-16(2)18-12(10)4-3-11(8)17-9-5-13(14,15)6-9/h3-4,9H,5-7H2,1-2H3. The van der Waals surface area contributed by atoms with Crippen LogP contribution in [-0.4, -0.2) is 23.4 Å². The van der Waals surface area contributed by atoms with E-state index in [1.165, 1.54) is 10.5 Å². The lowest BCUT2D eigenvalue weighted by molar-refractivity contribution is -0.134. The second-order valence-electron chi connectivity index (χ2n) is 5.05. The van der Waals surface area contributed by atoms with Gasteiger partial charge < -0.3 is 4.74 Å². The van der Waals surface area contributed by atoms with Gasteiger partial charge in [0.25, 0.3) is 5.92 Å². The van der Waals surface area contributed by atoms with Gasteiger partial charge in [0.05, 0.1) is 0 Å². The molecule has 2 nitrogen and oxygen atoms in total. The smallest absolute Gasteiger partial charge is 0.255 e. The predicted molar refractivity (Wildman–Crippen MR) is 67.1 cm³/mol. The third kappa shape index (κ3) is 2.10. The molecular weight excluding hydrogens is 256 g/mol. The Morgan fingerprint density at radius 3 is 2.78 bits per heavy atom. The molecular formula is C13H15F2NOS. The molecule has 0 atom stereocenters. The van der Waals surface area contributed by atoms with Crippen molar-refractivity contribution in [2.24, 2.45) is 0 Å². The first-order valence-electron chi connectivity index (χ1n) is 6.01. The van der Waals surface area contributed by atoms with E-state index in [0.717, 1.165) is 17.9 Å². The van der Waals surface area contributed by atoms with Gasteiger partial charge in [0.15, 0.2) is 0 Å². The Morgan fingerprint density at radius 1 is 1.39 bits per heavy atom. The van der Waals surface area contributed by atoms with E-state index in [1.807, 2.05) is 26.1 Å². The number of benzene rings is 1. The molecule has 98 valence electrons. The highest BCUT2D eigenvalue weighted by atomic mass is 32.2. The number of fused-ring (bicyclic) bond motifs is 1. The van der Waals surface area contributed by atoms with Crippen LogP contribution in [0.1, 0.15) is 24.0 Å². The zero-order valence-electron chi connectivity index (χ0n) is 10.4. The van der Waals surface area contributed by atoms with Crippen LogP contribution >= 0.6 is 11.9 Å². The highest BCUT2D eigenvalue weighted by Gasteiger charge is 2.47. The molecule has 1 heterocycles. The lowest BCUT2D eigenvalue weighted by atomic mass is 9.91. The van der Waals surface area contributed by atoms with Gasteiger partial charge in [-0.25, -0.2) is 13.1 Å². The van der Waals surface area contributed by atoms with Crippen molar-refractivity contribution in [1.82, 2.24) is 4.31 Å². The van der Waals surface area contributed by atoms with E-state index < -0.39 is 5.92 Å². The van der Waals surface area contributed by atoms with E-state index in [9.17, 15) is 8.78 Å². The molecule has 18 heavy (non-hydrogen) atoms. The minimum Gasteiger partial charge on any atom is -0.490 e. The van der Waals surface area contributed by atoms with E-state index in [2.05, 4.69) is 4.31 Å². The lowest BCUT2D eigenvalue weighted by Crippen LogP contribution is -2.43. The molecule has 0 amide bonds. The molecule has 1 aromatic carbocycles. The van der Waals surface area contributed by atoms with Crippen LogP contribution < -0.4 is 4.74 Å². The number of hydrogen-bond donors (Lipinski definition) is 0. The summed E-state index contributed by atoms with van der Waals surface area (Å²) in [4.78, 5) is 1.24. The molecule has 1 aliphatic carbocycles. The molecule has 1 fully saturated rings. The average molecular weight is 271 g/mol. The Labute approximate surface area is 109 Å². The molecule has 0 N–H and O–H groups in total. The summed E-state index contributed by atoms with van der Waals surface area (Å²) in [6, 6.07) is 3.92. The number of alkyl halides is 2. The summed E-state index contributed by atoms with van der Waals surface area (Å²) in [5.41, 5.74) is 2.34. The van der Waals surface area contributed by atoms with Gasteiger partial charge >= 0.3 is 0 Å². The van der Waals surface area contributed by atoms with Crippen molar-refractivity contribution < 1.29 is 13.5 Å². The molecule has 5 heteroatoms. The Morgan fingerprint density at radius 2 is 2.11 bits per heavy atom. The number of nitrogens with zero attached hydrogens (tertiary/aromatic N) is 1. The van der Waals surface area contributed by atoms with Crippen LogP contribution in [0.3, 0.4) is 0 Å². The summed E-state index contributed by atoms with van der Waals surface area (Å²) in [5, 5.41) is 0. The van der Waals surface area contributed by atoms with Crippen molar-refractivity contribution in [3.63, 3.8) is 0 Å². The molecule has 1 saturated carbocycles. The van der Waals surface area contributed by atoms with Crippen molar-refractivity contribution in [3.8, 4) is 5.75 Å². The topological polar surface area (TPSA) is 12.5 Å². The first-order chi connectivity index (χ1) is 8.44. The van der Waals surface area contributed by atoms with Gasteiger partial charge in [0, 0.05) is 24.3 Å². The number of ether oxygens (including phenoxy) is 1. The van der Waals surface area contributed by atoms with E-state index in [-0.39, 0.29) is 18.9 Å². The van der Waals surface area contributed by atoms with Gasteiger partial charge in [-0.1, -0.05) is 0 Å². The number of halogens is 2. The second kappa shape index (κ2) is 4.10. The van der Waals surface area contributed by atoms with Crippen LogP contribution in [0, 0.1) is 6.92 Å². The maximum atomic E-state index is 12.8. The highest BCUT2D eigenvalue weighted by Crippen LogP contribution is 2.43. The summed E-state index contributed by atoms with van der Waals surface area (Å²) < 4.78 is 33.4. The van der Waals surface area contributed by atoms with Crippen molar-refractivity contribution in [2.75, 3.05) is 7.05 Å². The van der Waals surface area contributed by atoms with Gasteiger partial charge in [-0.15, -0.1) is 0 Å². The number of rotatable bonds is 2. The number of hydrogen-bond acceptors (Lipinski definition) is 3. The predicted octanol–water partition coefficient (Wildman–Crippen LogP) is 3.62. The fourth-order valence-corrected chi connectivity index (χ4v) is 3.40. The van der Waals surface area contributed by atoms with Crippen molar-refractivity contribution >= 4 is 11.9 Å². The Hall–Kier alpha value is -0.810. The molecule has 3 rings (SSSR count). The summed E-state index contributed by atoms with van der Waals surface area (Å²) in [5.74, 6) is -1.77. The highest BCUT2D eigenvalue weighted by molar-refractivity contribution is 7.97. The van der Waals surface area contributed by atoms with Crippen LogP contribution in [0.4, 0.5) is 8.78 Å². The molecule has 0 spiro atoms. The quantitative estimate of drug-likeness (QED) is 0.762. The molecule has 2 aliphatic rings. The molecule has 0 saturated heterocycles. The minimum atomic E-state index is -2.52. The summed E-state index contributed by atoms with van der Waals surface area (Å²) in [6.07, 6.45) is -0.639. The Kier molecular flexibility index (Phi) is 2.79. The van der Waals surface area contributed by atoms with Gasteiger partial charge in [0.2, 0.25) is 0 Å². The van der Waals surface area contributed by atoms with E-state index in [4.69, 9.17) is 4.74 Å². The Balaban J connectivity index is 1.77. The molecule has 1 aromatic rings. The first-order valence-corrected chi connectivity index (χ1v) is 6.78. The lowest BCUT2D eigenvalue weighted by Gasteiger charge is -2.35. The average Bonchev–Trinajstić information content (AvgIpc) is 2.61. The van der Waals surface area contributed by atoms with Gasteiger partial charge in [-0.2, -0.15) is 0 Å². The zero-order chi connectivity index (χ0) is 12.9. The van der Waals surface area contributed by atoms with E-state index in [1.54, 1.807) is 11.9 Å². The van der Waals surface area contributed by atoms with Crippen LogP contribution in [0.15, 0.2) is 17.0 Å². The van der Waals surface area contributed by atoms with Crippen LogP contribution in [0.5, 0.6) is 5.75 Å². The fraction of sp³-hybridized carbons (Fsp3) is 0.538. The van der Waals surface area contributed by atoms with Crippen LogP contribution in [0.25, 0.3) is 0 Å². The zero-order valence-corrected chi connectivity index (χ0v) is 11.2. The summed E-state index contributed by atoms with van der Waals surface area (Å²) in [6.45, 7) is 2.88. The summed E-state index contributed by atoms with van der Waals surface area (Å²) in [7, 11) is 2.04.